The molecule has 0 atom stereocenters. The molecule has 0 saturated heterocycles. The number of nitrogens with one attached hydrogen (secondary N) is 2. The van der Waals surface area contributed by atoms with Gasteiger partial charge in [0.2, 0.25) is 0 Å². The summed E-state index contributed by atoms with van der Waals surface area (Å²) in [6, 6.07) is 11.5. The van der Waals surface area contributed by atoms with Gasteiger partial charge >= 0.3 is 17.8 Å². The van der Waals surface area contributed by atoms with Gasteiger partial charge in [0.05, 0.1) is 26.0 Å². The van der Waals surface area contributed by atoms with Crippen LogP contribution >= 0.6 is 0 Å². The largest absolute Gasteiger partial charge is 0.493 e. The third-order valence-electron chi connectivity index (χ3n) is 3.91. The number of amides is 2. The topological polar surface area (TPSA) is 126 Å². The van der Waals surface area contributed by atoms with Crippen LogP contribution in [0.4, 0.5) is 0 Å². The monoisotopic (exact) mass is 399 g/mol. The Morgan fingerprint density at radius 2 is 1.76 bits per heavy atom. The highest BCUT2D eigenvalue weighted by Crippen LogP contribution is 2.27. The first-order chi connectivity index (χ1) is 14.0. The standard InChI is InChI=1S/C20H21N3O6/c1-28-16-8-7-13(11-17(16)29-2)9-10-21-18(24)19(25)23-22-12-14-5-3-4-6-15(14)20(26)27/h3-8,11-12H,9-10H2,1-2H3,(H,21,24)(H,23,25)(H,26,27)/b22-12+. The number of carbonyl (C=O) groups is 3. The van der Waals surface area contributed by atoms with Crippen molar-refractivity contribution >= 4 is 24.0 Å². The van der Waals surface area contributed by atoms with Crippen molar-refractivity contribution < 1.29 is 29.0 Å². The summed E-state index contributed by atoms with van der Waals surface area (Å²) >= 11 is 0. The van der Waals surface area contributed by atoms with Crippen molar-refractivity contribution in [2.75, 3.05) is 20.8 Å². The molecule has 2 rings (SSSR count). The number of hydrogen-bond acceptors (Lipinski definition) is 6. The van der Waals surface area contributed by atoms with Crippen LogP contribution in [0.3, 0.4) is 0 Å². The summed E-state index contributed by atoms with van der Waals surface area (Å²) in [5.74, 6) is -1.76. The van der Waals surface area contributed by atoms with E-state index in [1.54, 1.807) is 31.4 Å². The van der Waals surface area contributed by atoms with Crippen molar-refractivity contribution in [3.05, 3.63) is 59.2 Å². The molecule has 0 fully saturated rings. The van der Waals surface area contributed by atoms with E-state index in [0.717, 1.165) is 11.8 Å². The smallest absolute Gasteiger partial charge is 0.336 e. The number of hydrazone groups is 1. The fraction of sp³-hybridized carbons (Fsp3) is 0.200. The molecule has 3 N–H and O–H groups in total. The second-order valence-corrected chi connectivity index (χ2v) is 5.79. The summed E-state index contributed by atoms with van der Waals surface area (Å²) in [6.45, 7) is 0.229. The third-order valence-corrected chi connectivity index (χ3v) is 3.91. The van der Waals surface area contributed by atoms with Gasteiger partial charge in [-0.25, -0.2) is 10.2 Å². The van der Waals surface area contributed by atoms with Gasteiger partial charge in [-0.15, -0.1) is 0 Å². The average molecular weight is 399 g/mol. The van der Waals surface area contributed by atoms with E-state index in [9.17, 15) is 14.4 Å². The van der Waals surface area contributed by atoms with Gasteiger partial charge in [0, 0.05) is 12.1 Å². The molecule has 9 heteroatoms. The lowest BCUT2D eigenvalue weighted by Crippen LogP contribution is -2.38. The Labute approximate surface area is 167 Å². The second kappa shape index (κ2) is 10.5. The van der Waals surface area contributed by atoms with E-state index in [1.165, 1.54) is 19.2 Å². The van der Waals surface area contributed by atoms with Crippen LogP contribution in [-0.4, -0.2) is 49.9 Å². The molecule has 0 saturated carbocycles. The zero-order valence-electron chi connectivity index (χ0n) is 16.0. The number of methoxy groups -OCH3 is 2. The minimum absolute atomic E-state index is 0.0323. The summed E-state index contributed by atoms with van der Waals surface area (Å²) in [6.07, 6.45) is 1.65. The quantitative estimate of drug-likeness (QED) is 0.348. The number of nitrogens with zero attached hydrogens (tertiary/aromatic N) is 1. The number of rotatable bonds is 8. The van der Waals surface area contributed by atoms with Gasteiger partial charge in [0.25, 0.3) is 0 Å². The van der Waals surface area contributed by atoms with Crippen LogP contribution < -0.4 is 20.2 Å². The van der Waals surface area contributed by atoms with Gasteiger partial charge in [0.1, 0.15) is 0 Å². The molecule has 0 radical (unpaired) electrons. The fourth-order valence-corrected chi connectivity index (χ4v) is 2.45. The number of ether oxygens (including phenoxy) is 2. The Kier molecular flexibility index (Phi) is 7.72. The molecule has 0 heterocycles. The Morgan fingerprint density at radius 3 is 2.45 bits per heavy atom. The molecule has 2 aromatic carbocycles. The van der Waals surface area contributed by atoms with Gasteiger partial charge in [-0.1, -0.05) is 24.3 Å². The van der Waals surface area contributed by atoms with Crippen LogP contribution in [0.15, 0.2) is 47.6 Å². The summed E-state index contributed by atoms with van der Waals surface area (Å²) in [5.41, 5.74) is 3.30. The van der Waals surface area contributed by atoms with Gasteiger partial charge in [0.15, 0.2) is 11.5 Å². The second-order valence-electron chi connectivity index (χ2n) is 5.79. The Morgan fingerprint density at radius 1 is 1.03 bits per heavy atom. The van der Waals surface area contributed by atoms with Crippen molar-refractivity contribution in [2.24, 2.45) is 5.10 Å². The van der Waals surface area contributed by atoms with Crippen molar-refractivity contribution in [3.8, 4) is 11.5 Å². The van der Waals surface area contributed by atoms with E-state index in [0.29, 0.717) is 23.5 Å². The number of benzene rings is 2. The molecule has 2 aromatic rings. The molecule has 0 unspecified atom stereocenters. The van der Waals surface area contributed by atoms with Crippen molar-refractivity contribution in [1.29, 1.82) is 0 Å². The summed E-state index contributed by atoms with van der Waals surface area (Å²) in [4.78, 5) is 34.7. The lowest BCUT2D eigenvalue weighted by Gasteiger charge is -2.10. The van der Waals surface area contributed by atoms with Crippen molar-refractivity contribution in [1.82, 2.24) is 10.7 Å². The molecular weight excluding hydrogens is 378 g/mol. The number of aromatic carboxylic acids is 1. The first kappa shape index (κ1) is 21.4. The van der Waals surface area contributed by atoms with E-state index >= 15 is 0 Å². The third kappa shape index (κ3) is 6.06. The number of hydrogen-bond donors (Lipinski definition) is 3. The van der Waals surface area contributed by atoms with Crippen LogP contribution in [0, 0.1) is 0 Å². The highest BCUT2D eigenvalue weighted by atomic mass is 16.5. The van der Waals surface area contributed by atoms with Crippen LogP contribution in [0.1, 0.15) is 21.5 Å². The number of carboxylic acids is 1. The molecule has 2 amide bonds. The fourth-order valence-electron chi connectivity index (χ4n) is 2.45. The molecule has 0 aliphatic heterocycles. The highest BCUT2D eigenvalue weighted by Gasteiger charge is 2.13. The average Bonchev–Trinajstić information content (AvgIpc) is 2.73. The normalized spacial score (nSPS) is 10.4. The maximum Gasteiger partial charge on any atom is 0.336 e. The summed E-state index contributed by atoms with van der Waals surface area (Å²) in [5, 5.41) is 15.2. The lowest BCUT2D eigenvalue weighted by atomic mass is 10.1. The SMILES string of the molecule is COc1ccc(CCNC(=O)C(=O)N/N=C/c2ccccc2C(=O)O)cc1OC. The van der Waals surface area contributed by atoms with E-state index < -0.39 is 17.8 Å². The molecule has 0 spiro atoms. The predicted molar refractivity (Wildman–Crippen MR) is 105 cm³/mol. The molecule has 0 aromatic heterocycles. The molecule has 0 bridgehead atoms. The predicted octanol–water partition coefficient (Wildman–Crippen LogP) is 1.21. The maximum absolute atomic E-state index is 11.8. The lowest BCUT2D eigenvalue weighted by molar-refractivity contribution is -0.139. The minimum Gasteiger partial charge on any atom is -0.493 e. The van der Waals surface area contributed by atoms with Gasteiger partial charge < -0.3 is 19.9 Å². The Balaban J connectivity index is 1.84. The zero-order valence-corrected chi connectivity index (χ0v) is 16.0. The summed E-state index contributed by atoms with van der Waals surface area (Å²) in [7, 11) is 3.07. The minimum atomic E-state index is -1.12. The van der Waals surface area contributed by atoms with Gasteiger partial charge in [-0.3, -0.25) is 9.59 Å². The number of carbonyl (C=O) groups excluding carboxylic acids is 2. The summed E-state index contributed by atoms with van der Waals surface area (Å²) < 4.78 is 10.4. The first-order valence-corrected chi connectivity index (χ1v) is 8.60. The zero-order chi connectivity index (χ0) is 21.2. The highest BCUT2D eigenvalue weighted by molar-refractivity contribution is 6.35. The molecule has 0 aliphatic rings. The van der Waals surface area contributed by atoms with Crippen molar-refractivity contribution in [2.45, 2.75) is 6.42 Å². The van der Waals surface area contributed by atoms with Crippen LogP contribution in [0.2, 0.25) is 0 Å². The van der Waals surface area contributed by atoms with Crippen LogP contribution in [0.25, 0.3) is 0 Å². The van der Waals surface area contributed by atoms with Gasteiger partial charge in [-0.05, 0) is 30.2 Å². The van der Waals surface area contributed by atoms with E-state index in [1.807, 2.05) is 6.07 Å². The van der Waals surface area contributed by atoms with E-state index in [2.05, 4.69) is 15.8 Å². The Hall–Kier alpha value is -3.88. The van der Waals surface area contributed by atoms with E-state index in [4.69, 9.17) is 14.6 Å². The molecular formula is C20H21N3O6. The Bertz CT molecular complexity index is 926. The van der Waals surface area contributed by atoms with Crippen LogP contribution in [-0.2, 0) is 16.0 Å². The van der Waals surface area contributed by atoms with Crippen LogP contribution in [0.5, 0.6) is 11.5 Å². The first-order valence-electron chi connectivity index (χ1n) is 8.60. The van der Waals surface area contributed by atoms with Gasteiger partial charge in [-0.2, -0.15) is 5.10 Å². The molecule has 9 nitrogen and oxygen atoms in total. The number of carboxylic acid groups (broad SMARTS) is 1. The molecule has 0 aliphatic carbocycles. The van der Waals surface area contributed by atoms with E-state index in [-0.39, 0.29) is 12.1 Å². The molecule has 29 heavy (non-hydrogen) atoms. The molecule has 152 valence electrons. The van der Waals surface area contributed by atoms with Crippen molar-refractivity contribution in [3.63, 3.8) is 0 Å². The maximum atomic E-state index is 11.8.